The Morgan fingerprint density at radius 2 is 2.07 bits per heavy atom. The summed E-state index contributed by atoms with van der Waals surface area (Å²) in [6.07, 6.45) is 8.45. The van der Waals surface area contributed by atoms with E-state index in [0.29, 0.717) is 5.56 Å². The Kier molecular flexibility index (Phi) is 4.49. The van der Waals surface area contributed by atoms with Gasteiger partial charge in [-0.1, -0.05) is 0 Å². The van der Waals surface area contributed by atoms with Gasteiger partial charge in [0.1, 0.15) is 17.5 Å². The van der Waals surface area contributed by atoms with Crippen molar-refractivity contribution in [2.24, 2.45) is 5.73 Å². The summed E-state index contributed by atoms with van der Waals surface area (Å²) in [6.45, 7) is 2.30. The van der Waals surface area contributed by atoms with E-state index < -0.39 is 11.6 Å². The highest BCUT2D eigenvalue weighted by atomic mass is 19.1. The van der Waals surface area contributed by atoms with E-state index >= 15 is 0 Å². The van der Waals surface area contributed by atoms with Crippen LogP contribution in [0.5, 0.6) is 0 Å². The lowest BCUT2D eigenvalue weighted by Gasteiger charge is -2.44. The molecule has 5 rings (SSSR count). The maximum Gasteiger partial charge on any atom is 0.137 e. The maximum atomic E-state index is 14.3. The van der Waals surface area contributed by atoms with Gasteiger partial charge in [0.25, 0.3) is 0 Å². The summed E-state index contributed by atoms with van der Waals surface area (Å²) in [5.41, 5.74) is 9.09. The Labute approximate surface area is 168 Å². The number of benzene rings is 1. The van der Waals surface area contributed by atoms with Crippen LogP contribution in [0.1, 0.15) is 29.3 Å². The molecule has 29 heavy (non-hydrogen) atoms. The zero-order valence-electron chi connectivity index (χ0n) is 16.2. The van der Waals surface area contributed by atoms with Crippen molar-refractivity contribution in [3.63, 3.8) is 0 Å². The predicted molar refractivity (Wildman–Crippen MR) is 108 cm³/mol. The first-order valence-corrected chi connectivity index (χ1v) is 9.86. The molecule has 152 valence electrons. The number of hydrogen-bond donors (Lipinski definition) is 2. The molecule has 0 spiro atoms. The first-order valence-electron chi connectivity index (χ1n) is 9.86. The van der Waals surface area contributed by atoms with Gasteiger partial charge < -0.3 is 11.1 Å². The average Bonchev–Trinajstić information content (AvgIpc) is 3.14. The molecule has 1 aromatic heterocycles. The molecule has 1 fully saturated rings. The van der Waals surface area contributed by atoms with Crippen LogP contribution in [-0.2, 0) is 13.1 Å². The molecule has 0 saturated carbocycles. The lowest BCUT2D eigenvalue weighted by Crippen LogP contribution is -2.54. The summed E-state index contributed by atoms with van der Waals surface area (Å²) in [5, 5.41) is 8.01. The first-order chi connectivity index (χ1) is 14.0. The summed E-state index contributed by atoms with van der Waals surface area (Å²) >= 11 is 0. The van der Waals surface area contributed by atoms with Crippen LogP contribution in [0, 0.1) is 11.6 Å². The number of fused-ring (bicyclic) bond motifs is 3. The van der Waals surface area contributed by atoms with Crippen molar-refractivity contribution >= 4 is 12.0 Å². The minimum Gasteiger partial charge on any atom is -0.346 e. The Bertz CT molecular complexity index is 985. The van der Waals surface area contributed by atoms with Gasteiger partial charge in [-0.15, -0.1) is 0 Å². The SMILES string of the molecule is CN1CC(N2Cc3nn4c(c3C2)NC=CC=C4)CC(N)[C@H]1c1cc(F)ccc1F. The fourth-order valence-electron chi connectivity index (χ4n) is 4.86. The molecule has 3 N–H and O–H groups in total. The Balaban J connectivity index is 1.34. The van der Waals surface area contributed by atoms with Crippen molar-refractivity contribution in [3.8, 4) is 0 Å². The first kappa shape index (κ1) is 18.5. The molecule has 0 bridgehead atoms. The van der Waals surface area contributed by atoms with Crippen molar-refractivity contribution in [2.75, 3.05) is 18.9 Å². The van der Waals surface area contributed by atoms with E-state index in [-0.39, 0.29) is 18.1 Å². The third-order valence-electron chi connectivity index (χ3n) is 6.18. The summed E-state index contributed by atoms with van der Waals surface area (Å²) in [7, 11) is 1.93. The average molecular weight is 398 g/mol. The number of aromatic nitrogens is 2. The number of nitrogens with zero attached hydrogens (tertiary/aromatic N) is 4. The summed E-state index contributed by atoms with van der Waals surface area (Å²) < 4.78 is 29.9. The van der Waals surface area contributed by atoms with Gasteiger partial charge in [-0.2, -0.15) is 5.10 Å². The number of rotatable bonds is 2. The second-order valence-corrected chi connectivity index (χ2v) is 8.07. The molecule has 2 aromatic rings. The maximum absolute atomic E-state index is 14.3. The fraction of sp³-hybridized carbons (Fsp3) is 0.381. The molecule has 3 atom stereocenters. The number of nitrogens with one attached hydrogen (secondary N) is 1. The second-order valence-electron chi connectivity index (χ2n) is 8.07. The highest BCUT2D eigenvalue weighted by Gasteiger charge is 2.39. The molecule has 3 aliphatic rings. The molecule has 1 saturated heterocycles. The third-order valence-corrected chi connectivity index (χ3v) is 6.18. The molecule has 2 unspecified atom stereocenters. The number of halogens is 2. The van der Waals surface area contributed by atoms with Crippen LogP contribution in [0.2, 0.25) is 0 Å². The van der Waals surface area contributed by atoms with E-state index in [1.54, 1.807) is 0 Å². The number of piperidine rings is 1. The van der Waals surface area contributed by atoms with Crippen LogP contribution >= 0.6 is 0 Å². The quantitative estimate of drug-likeness (QED) is 0.815. The molecule has 4 heterocycles. The summed E-state index contributed by atoms with van der Waals surface area (Å²) in [6, 6.07) is 3.20. The lowest BCUT2D eigenvalue weighted by atomic mass is 9.88. The number of anilines is 1. The predicted octanol–water partition coefficient (Wildman–Crippen LogP) is 2.66. The van der Waals surface area contributed by atoms with Gasteiger partial charge in [-0.05, 0) is 43.8 Å². The molecule has 8 heteroatoms. The monoisotopic (exact) mass is 398 g/mol. The summed E-state index contributed by atoms with van der Waals surface area (Å²) in [5.74, 6) is 0.155. The molecular weight excluding hydrogens is 374 g/mol. The van der Waals surface area contributed by atoms with Crippen LogP contribution in [0.15, 0.2) is 36.6 Å². The molecule has 3 aliphatic heterocycles. The zero-order valence-corrected chi connectivity index (χ0v) is 16.2. The minimum atomic E-state index is -0.438. The van der Waals surface area contributed by atoms with Gasteiger partial charge in [0.15, 0.2) is 0 Å². The Hall–Kier alpha value is -2.55. The topological polar surface area (TPSA) is 62.3 Å². The number of nitrogens with two attached hydrogens (primary N) is 1. The number of allylic oxidation sites excluding steroid dienone is 2. The smallest absolute Gasteiger partial charge is 0.137 e. The summed E-state index contributed by atoms with van der Waals surface area (Å²) in [4.78, 5) is 4.43. The third kappa shape index (κ3) is 3.17. The van der Waals surface area contributed by atoms with Crippen LogP contribution in [-0.4, -0.2) is 45.3 Å². The fourth-order valence-corrected chi connectivity index (χ4v) is 4.86. The molecular formula is C21H24F2N6. The van der Waals surface area contributed by atoms with Crippen LogP contribution < -0.4 is 11.1 Å². The van der Waals surface area contributed by atoms with Crippen molar-refractivity contribution < 1.29 is 8.78 Å². The van der Waals surface area contributed by atoms with Gasteiger partial charge in [0.05, 0.1) is 11.7 Å². The van der Waals surface area contributed by atoms with Gasteiger partial charge in [-0.3, -0.25) is 9.80 Å². The van der Waals surface area contributed by atoms with Crippen molar-refractivity contribution in [3.05, 3.63) is 65.0 Å². The number of hydrogen-bond acceptors (Lipinski definition) is 5. The van der Waals surface area contributed by atoms with Gasteiger partial charge in [0.2, 0.25) is 0 Å². The minimum absolute atomic E-state index is 0.231. The van der Waals surface area contributed by atoms with Crippen LogP contribution in [0.4, 0.5) is 14.6 Å². The zero-order chi connectivity index (χ0) is 20.1. The van der Waals surface area contributed by atoms with Gasteiger partial charge in [-0.25, -0.2) is 13.5 Å². The van der Waals surface area contributed by atoms with E-state index in [1.165, 1.54) is 17.7 Å². The second kappa shape index (κ2) is 7.05. The standard InChI is InChI=1S/C21H24F2N6/c1-27-10-14(9-18(24)20(27)15-8-13(22)4-5-17(15)23)28-11-16-19(12-28)26-29-7-3-2-6-25-21(16)29/h2-8,14,18,20,25H,9-12,24H2,1H3/t14?,18?,20-/m1/s1. The van der Waals surface area contributed by atoms with Crippen molar-refractivity contribution in [2.45, 2.75) is 37.6 Å². The highest BCUT2D eigenvalue weighted by Crippen LogP contribution is 2.37. The molecule has 0 radical (unpaired) electrons. The van der Waals surface area contributed by atoms with E-state index in [4.69, 9.17) is 10.8 Å². The molecule has 0 aliphatic carbocycles. The lowest BCUT2D eigenvalue weighted by molar-refractivity contribution is 0.0586. The van der Waals surface area contributed by atoms with Crippen molar-refractivity contribution in [1.29, 1.82) is 0 Å². The van der Waals surface area contributed by atoms with Crippen LogP contribution in [0.3, 0.4) is 0 Å². The van der Waals surface area contributed by atoms with Crippen molar-refractivity contribution in [1.82, 2.24) is 19.6 Å². The molecule has 1 aromatic carbocycles. The molecule has 6 nitrogen and oxygen atoms in total. The number of likely N-dealkylation sites (N-methyl/N-ethyl adjacent to an activating group) is 1. The largest absolute Gasteiger partial charge is 0.346 e. The van der Waals surface area contributed by atoms with E-state index in [2.05, 4.69) is 10.2 Å². The van der Waals surface area contributed by atoms with Crippen LogP contribution in [0.25, 0.3) is 6.20 Å². The van der Waals surface area contributed by atoms with Gasteiger partial charge >= 0.3 is 0 Å². The van der Waals surface area contributed by atoms with E-state index in [9.17, 15) is 8.78 Å². The van der Waals surface area contributed by atoms with E-state index in [1.807, 2.05) is 41.2 Å². The number of likely N-dealkylation sites (tertiary alicyclic amines) is 1. The van der Waals surface area contributed by atoms with E-state index in [0.717, 1.165) is 43.6 Å². The normalized spacial score (nSPS) is 26.8. The Morgan fingerprint density at radius 1 is 1.21 bits per heavy atom. The molecule has 0 amide bonds. The van der Waals surface area contributed by atoms with Gasteiger partial charge in [0, 0.05) is 55.2 Å². The highest BCUT2D eigenvalue weighted by molar-refractivity contribution is 5.57. The Morgan fingerprint density at radius 3 is 2.90 bits per heavy atom.